The summed E-state index contributed by atoms with van der Waals surface area (Å²) < 4.78 is 5.43. The van der Waals surface area contributed by atoms with E-state index in [1.165, 1.54) is 11.0 Å². The first-order valence-corrected chi connectivity index (χ1v) is 16.5. The number of anilines is 1. The second kappa shape index (κ2) is 11.7. The van der Waals surface area contributed by atoms with Crippen molar-refractivity contribution < 1.29 is 29.0 Å². The molecule has 47 heavy (non-hydrogen) atoms. The third-order valence-corrected chi connectivity index (χ3v) is 10.9. The third-order valence-electron chi connectivity index (χ3n) is 10.3. The highest BCUT2D eigenvalue weighted by Gasteiger charge is 2.70. The number of likely N-dealkylation sites (tertiary alicyclic amines) is 1. The second-order valence-corrected chi connectivity index (χ2v) is 13.5. The van der Waals surface area contributed by atoms with Gasteiger partial charge in [0.2, 0.25) is 11.8 Å². The summed E-state index contributed by atoms with van der Waals surface area (Å²) in [6, 6.07) is 18.5. The lowest BCUT2D eigenvalue weighted by Gasteiger charge is -2.50. The molecule has 0 bridgehead atoms. The SMILES string of the molecule is CCCN1C(=O)C2CC=C3C(CC4C(=O)N(Nc5ccc(Cl)cc5Cl)C(=O)C4(c4ccc(OC)cc4)C3c3ccc(O)cc3)C2C1=O. The number of hydrogen-bond donors (Lipinski definition) is 2. The molecule has 0 radical (unpaired) electrons. The number of phenols is 1. The number of benzene rings is 3. The number of halogens is 2. The van der Waals surface area contributed by atoms with E-state index in [2.05, 4.69) is 5.43 Å². The van der Waals surface area contributed by atoms with Crippen LogP contribution in [0.5, 0.6) is 11.5 Å². The van der Waals surface area contributed by atoms with Crippen molar-refractivity contribution in [3.05, 3.63) is 99.6 Å². The Morgan fingerprint density at radius 2 is 1.66 bits per heavy atom. The zero-order chi connectivity index (χ0) is 33.2. The number of nitrogens with one attached hydrogen (secondary N) is 1. The summed E-state index contributed by atoms with van der Waals surface area (Å²) >= 11 is 12.6. The summed E-state index contributed by atoms with van der Waals surface area (Å²) in [6.45, 7) is 2.26. The molecule has 2 saturated heterocycles. The van der Waals surface area contributed by atoms with Crippen molar-refractivity contribution >= 4 is 52.5 Å². The van der Waals surface area contributed by atoms with E-state index in [9.17, 15) is 19.5 Å². The number of aromatic hydroxyl groups is 1. The number of hydrazine groups is 1. The van der Waals surface area contributed by atoms with Gasteiger partial charge in [-0.2, -0.15) is 5.01 Å². The van der Waals surface area contributed by atoms with Gasteiger partial charge in [-0.3, -0.25) is 29.5 Å². The molecule has 2 heterocycles. The molecular weight excluding hydrogens is 641 g/mol. The van der Waals surface area contributed by atoms with E-state index >= 15 is 4.79 Å². The molecular formula is C36H33Cl2N3O6. The highest BCUT2D eigenvalue weighted by atomic mass is 35.5. The number of carbonyl (C=O) groups is 4. The molecule has 3 aromatic rings. The number of rotatable bonds is 7. The first-order chi connectivity index (χ1) is 22.6. The summed E-state index contributed by atoms with van der Waals surface area (Å²) in [5, 5.41) is 11.9. The molecule has 4 aliphatic rings. The molecule has 3 aromatic carbocycles. The number of fused-ring (bicyclic) bond motifs is 4. The van der Waals surface area contributed by atoms with Gasteiger partial charge in [-0.15, -0.1) is 0 Å². The van der Waals surface area contributed by atoms with E-state index in [1.807, 2.05) is 25.1 Å². The van der Waals surface area contributed by atoms with Gasteiger partial charge in [-0.25, -0.2) is 0 Å². The van der Waals surface area contributed by atoms with Crippen LogP contribution in [0.1, 0.15) is 43.2 Å². The van der Waals surface area contributed by atoms with Crippen molar-refractivity contribution in [2.75, 3.05) is 19.1 Å². The fourth-order valence-electron chi connectivity index (χ4n) is 8.39. The molecule has 11 heteroatoms. The number of methoxy groups -OCH3 is 1. The van der Waals surface area contributed by atoms with Gasteiger partial charge in [0, 0.05) is 17.5 Å². The summed E-state index contributed by atoms with van der Waals surface area (Å²) in [7, 11) is 1.55. The summed E-state index contributed by atoms with van der Waals surface area (Å²) in [5.41, 5.74) is 4.02. The summed E-state index contributed by atoms with van der Waals surface area (Å²) in [4.78, 5) is 58.6. The van der Waals surface area contributed by atoms with Crippen LogP contribution in [0, 0.1) is 23.7 Å². The molecule has 2 N–H and O–H groups in total. The van der Waals surface area contributed by atoms with E-state index in [0.29, 0.717) is 47.0 Å². The van der Waals surface area contributed by atoms with Crippen LogP contribution in [0.3, 0.4) is 0 Å². The van der Waals surface area contributed by atoms with Crippen LogP contribution in [0.25, 0.3) is 0 Å². The average molecular weight is 675 g/mol. The van der Waals surface area contributed by atoms with Crippen molar-refractivity contribution in [2.24, 2.45) is 23.7 Å². The van der Waals surface area contributed by atoms with E-state index in [-0.39, 0.29) is 29.0 Å². The minimum atomic E-state index is -1.45. The number of imide groups is 2. The molecule has 7 rings (SSSR count). The van der Waals surface area contributed by atoms with Gasteiger partial charge >= 0.3 is 0 Å². The van der Waals surface area contributed by atoms with Crippen molar-refractivity contribution in [1.29, 1.82) is 0 Å². The fraction of sp³-hybridized carbons (Fsp3) is 0.333. The average Bonchev–Trinajstić information content (AvgIpc) is 3.43. The van der Waals surface area contributed by atoms with Crippen LogP contribution < -0.4 is 10.2 Å². The predicted octanol–water partition coefficient (Wildman–Crippen LogP) is 6.10. The van der Waals surface area contributed by atoms with Crippen LogP contribution in [-0.2, 0) is 24.6 Å². The van der Waals surface area contributed by atoms with E-state index in [4.69, 9.17) is 27.9 Å². The van der Waals surface area contributed by atoms with Crippen LogP contribution in [-0.4, -0.2) is 52.3 Å². The first-order valence-electron chi connectivity index (χ1n) is 15.7. The lowest BCUT2D eigenvalue weighted by Crippen LogP contribution is -2.53. The number of allylic oxidation sites excluding steroid dienone is 2. The van der Waals surface area contributed by atoms with E-state index in [1.54, 1.807) is 55.6 Å². The largest absolute Gasteiger partial charge is 0.508 e. The Kier molecular flexibility index (Phi) is 7.80. The Morgan fingerprint density at radius 3 is 2.32 bits per heavy atom. The zero-order valence-electron chi connectivity index (χ0n) is 25.8. The van der Waals surface area contributed by atoms with Crippen LogP contribution in [0.15, 0.2) is 78.4 Å². The molecule has 3 fully saturated rings. The predicted molar refractivity (Wildman–Crippen MR) is 176 cm³/mol. The molecule has 6 atom stereocenters. The Morgan fingerprint density at radius 1 is 0.936 bits per heavy atom. The van der Waals surface area contributed by atoms with Gasteiger partial charge in [-0.05, 0) is 78.8 Å². The Bertz CT molecular complexity index is 1830. The van der Waals surface area contributed by atoms with Crippen molar-refractivity contribution in [1.82, 2.24) is 9.91 Å². The summed E-state index contributed by atoms with van der Waals surface area (Å²) in [6.07, 6.45) is 3.19. The maximum absolute atomic E-state index is 15.2. The molecule has 0 aromatic heterocycles. The van der Waals surface area contributed by atoms with E-state index < -0.39 is 46.8 Å². The molecule has 242 valence electrons. The maximum Gasteiger partial charge on any atom is 0.260 e. The van der Waals surface area contributed by atoms with Gasteiger partial charge in [0.05, 0.1) is 41.0 Å². The number of phenolic OH excluding ortho intramolecular Hbond substituents is 1. The lowest BCUT2D eigenvalue weighted by molar-refractivity contribution is -0.141. The van der Waals surface area contributed by atoms with E-state index in [0.717, 1.165) is 10.6 Å². The first kappa shape index (κ1) is 31.3. The van der Waals surface area contributed by atoms with Gasteiger partial charge in [-0.1, -0.05) is 66.0 Å². The maximum atomic E-state index is 15.2. The van der Waals surface area contributed by atoms with Gasteiger partial charge < -0.3 is 9.84 Å². The molecule has 1 saturated carbocycles. The molecule has 2 aliphatic carbocycles. The number of amides is 4. The molecule has 2 aliphatic heterocycles. The van der Waals surface area contributed by atoms with Gasteiger partial charge in [0.25, 0.3) is 11.8 Å². The van der Waals surface area contributed by atoms with Crippen LogP contribution in [0.2, 0.25) is 10.0 Å². The van der Waals surface area contributed by atoms with Gasteiger partial charge in [0.15, 0.2) is 0 Å². The highest BCUT2D eigenvalue weighted by molar-refractivity contribution is 6.36. The third kappa shape index (κ3) is 4.65. The molecule has 9 nitrogen and oxygen atoms in total. The highest BCUT2D eigenvalue weighted by Crippen LogP contribution is 2.64. The Hall–Kier alpha value is -4.34. The van der Waals surface area contributed by atoms with Gasteiger partial charge in [0.1, 0.15) is 11.5 Å². The van der Waals surface area contributed by atoms with Crippen molar-refractivity contribution in [2.45, 2.75) is 37.5 Å². The topological polar surface area (TPSA) is 116 Å². The molecule has 0 spiro atoms. The number of nitrogens with zero attached hydrogens (tertiary/aromatic N) is 2. The van der Waals surface area contributed by atoms with Crippen LogP contribution >= 0.6 is 23.2 Å². The summed E-state index contributed by atoms with van der Waals surface area (Å²) in [5.74, 6) is -3.95. The monoisotopic (exact) mass is 673 g/mol. The Labute approximate surface area is 282 Å². The van der Waals surface area contributed by atoms with Crippen molar-refractivity contribution in [3.63, 3.8) is 0 Å². The number of ether oxygens (including phenoxy) is 1. The normalized spacial score (nSPS) is 28.2. The molecule has 6 unspecified atom stereocenters. The lowest BCUT2D eigenvalue weighted by atomic mass is 9.49. The standard InChI is InChI=1S/C36H33Cl2N3O6/c1-3-16-40-32(43)25-14-13-24-26(30(25)34(40)45)18-27-33(44)41(39-29-15-8-21(37)17-28(29)38)35(46)36(27,20-6-11-23(47-2)12-7-20)31(24)19-4-9-22(42)10-5-19/h4-13,15,17,25-27,30-31,39,42H,3,14,16,18H2,1-2H3. The minimum absolute atomic E-state index is 0.0510. The number of hydrogen-bond acceptors (Lipinski definition) is 7. The molecule has 4 amide bonds. The van der Waals surface area contributed by atoms with Crippen LogP contribution in [0.4, 0.5) is 5.69 Å². The second-order valence-electron chi connectivity index (χ2n) is 12.6. The minimum Gasteiger partial charge on any atom is -0.508 e. The smallest absolute Gasteiger partial charge is 0.260 e. The zero-order valence-corrected chi connectivity index (χ0v) is 27.3. The number of carbonyl (C=O) groups excluding carboxylic acids is 4. The fourth-order valence-corrected chi connectivity index (χ4v) is 8.85. The van der Waals surface area contributed by atoms with Crippen molar-refractivity contribution in [3.8, 4) is 11.5 Å². The Balaban J connectivity index is 1.45. The quantitative estimate of drug-likeness (QED) is 0.230.